The fourth-order valence-electron chi connectivity index (χ4n) is 3.13. The molecule has 1 N–H and O–H groups in total. The molecule has 0 spiro atoms. The predicted molar refractivity (Wildman–Crippen MR) is 115 cm³/mol. The van der Waals surface area contributed by atoms with Gasteiger partial charge in [0, 0.05) is 27.9 Å². The second kappa shape index (κ2) is 8.05. The van der Waals surface area contributed by atoms with Crippen LogP contribution in [0.1, 0.15) is 66.7 Å². The number of anilines is 1. The molecule has 3 nitrogen and oxygen atoms in total. The lowest BCUT2D eigenvalue weighted by Gasteiger charge is -2.20. The molecule has 3 aromatic rings. The van der Waals surface area contributed by atoms with Crippen LogP contribution in [0.3, 0.4) is 0 Å². The topological polar surface area (TPSA) is 42.0 Å². The molecule has 0 unspecified atom stereocenters. The highest BCUT2D eigenvalue weighted by Gasteiger charge is 2.17. The van der Waals surface area contributed by atoms with Crippen molar-refractivity contribution in [3.05, 3.63) is 70.2 Å². The first-order valence-corrected chi connectivity index (χ1v) is 10.2. The summed E-state index contributed by atoms with van der Waals surface area (Å²) in [5.74, 6) is 0.607. The molecule has 0 aliphatic heterocycles. The van der Waals surface area contributed by atoms with Crippen molar-refractivity contribution in [1.82, 2.24) is 4.98 Å². The van der Waals surface area contributed by atoms with Crippen LogP contribution in [0.4, 0.5) is 5.69 Å². The van der Waals surface area contributed by atoms with Crippen LogP contribution in [0, 0.1) is 6.92 Å². The Morgan fingerprint density at radius 2 is 1.56 bits per heavy atom. The van der Waals surface area contributed by atoms with Gasteiger partial charge in [0.1, 0.15) is 5.01 Å². The average Bonchev–Trinajstić information content (AvgIpc) is 3.08. The van der Waals surface area contributed by atoms with Gasteiger partial charge in [-0.3, -0.25) is 4.79 Å². The minimum Gasteiger partial charge on any atom is -0.321 e. The third-order valence-electron chi connectivity index (χ3n) is 4.62. The van der Waals surface area contributed by atoms with Gasteiger partial charge in [0.15, 0.2) is 0 Å². The first-order chi connectivity index (χ1) is 12.9. The van der Waals surface area contributed by atoms with Gasteiger partial charge in [-0.05, 0) is 42.0 Å². The Kier molecular flexibility index (Phi) is 5.76. The van der Waals surface area contributed by atoms with E-state index in [-0.39, 0.29) is 5.91 Å². The third kappa shape index (κ3) is 4.28. The summed E-state index contributed by atoms with van der Waals surface area (Å²) >= 11 is 1.62. The number of rotatable bonds is 5. The summed E-state index contributed by atoms with van der Waals surface area (Å²) in [6.45, 7) is 10.6. The van der Waals surface area contributed by atoms with Crippen LogP contribution in [0.2, 0.25) is 0 Å². The summed E-state index contributed by atoms with van der Waals surface area (Å²) in [6.07, 6.45) is 0. The fraction of sp³-hybridized carbons (Fsp3) is 0.304. The highest BCUT2D eigenvalue weighted by molar-refractivity contribution is 7.13. The molecule has 140 valence electrons. The van der Waals surface area contributed by atoms with E-state index < -0.39 is 0 Å². The van der Waals surface area contributed by atoms with Crippen molar-refractivity contribution in [1.29, 1.82) is 0 Å². The van der Waals surface area contributed by atoms with E-state index in [1.165, 1.54) is 11.1 Å². The van der Waals surface area contributed by atoms with Gasteiger partial charge >= 0.3 is 0 Å². The molecule has 0 aliphatic carbocycles. The first kappa shape index (κ1) is 19.3. The first-order valence-electron chi connectivity index (χ1n) is 9.33. The maximum Gasteiger partial charge on any atom is 0.255 e. The molecule has 0 atom stereocenters. The summed E-state index contributed by atoms with van der Waals surface area (Å²) in [7, 11) is 0. The van der Waals surface area contributed by atoms with Crippen LogP contribution in [0.5, 0.6) is 0 Å². The molecule has 1 amide bonds. The summed E-state index contributed by atoms with van der Waals surface area (Å²) in [4.78, 5) is 17.4. The number of nitrogens with one attached hydrogen (secondary N) is 1. The zero-order chi connectivity index (χ0) is 19.6. The average molecular weight is 379 g/mol. The van der Waals surface area contributed by atoms with Crippen LogP contribution in [-0.2, 0) is 0 Å². The summed E-state index contributed by atoms with van der Waals surface area (Å²) < 4.78 is 0. The second-order valence-electron chi connectivity index (χ2n) is 7.45. The molecule has 4 heteroatoms. The minimum atomic E-state index is -0.0770. The number of aromatic nitrogens is 1. The standard InChI is InChI=1S/C23H26N2OS/c1-14(2)19-7-6-8-20(15(3)4)21(19)25-22(26)17-9-11-18(12-10-17)23-24-16(5)13-27-23/h6-15H,1-5H3,(H,25,26). The normalized spacial score (nSPS) is 11.2. The molecule has 0 saturated carbocycles. The fourth-order valence-corrected chi connectivity index (χ4v) is 3.94. The SMILES string of the molecule is Cc1csc(-c2ccc(C(=O)Nc3c(C(C)C)cccc3C(C)C)cc2)n1. The van der Waals surface area contributed by atoms with E-state index >= 15 is 0 Å². The Morgan fingerprint density at radius 1 is 0.963 bits per heavy atom. The molecular formula is C23H26N2OS. The summed E-state index contributed by atoms with van der Waals surface area (Å²) in [5.41, 5.74) is 6.00. The van der Waals surface area contributed by atoms with E-state index in [1.54, 1.807) is 11.3 Å². The van der Waals surface area contributed by atoms with Crippen molar-refractivity contribution in [2.75, 3.05) is 5.32 Å². The molecule has 0 fully saturated rings. The van der Waals surface area contributed by atoms with E-state index in [0.717, 1.165) is 22.0 Å². The van der Waals surface area contributed by atoms with Crippen molar-refractivity contribution in [2.24, 2.45) is 0 Å². The van der Waals surface area contributed by atoms with Crippen molar-refractivity contribution in [2.45, 2.75) is 46.5 Å². The zero-order valence-corrected chi connectivity index (χ0v) is 17.4. The number of nitrogens with zero attached hydrogens (tertiary/aromatic N) is 1. The summed E-state index contributed by atoms with van der Waals surface area (Å²) in [5, 5.41) is 6.18. The molecule has 1 aromatic heterocycles. The number of thiazole rings is 1. The van der Waals surface area contributed by atoms with E-state index in [4.69, 9.17) is 0 Å². The van der Waals surface area contributed by atoms with Crippen LogP contribution < -0.4 is 5.32 Å². The molecule has 0 bridgehead atoms. The summed E-state index contributed by atoms with van der Waals surface area (Å²) in [6, 6.07) is 13.9. The van der Waals surface area contributed by atoms with Crippen molar-refractivity contribution >= 4 is 22.9 Å². The lowest BCUT2D eigenvalue weighted by Crippen LogP contribution is -2.15. The molecule has 3 rings (SSSR count). The number of carbonyl (C=O) groups excluding carboxylic acids is 1. The minimum absolute atomic E-state index is 0.0770. The van der Waals surface area contributed by atoms with Gasteiger partial charge < -0.3 is 5.32 Å². The van der Waals surface area contributed by atoms with E-state index in [2.05, 4.69) is 56.2 Å². The van der Waals surface area contributed by atoms with Crippen molar-refractivity contribution in [3.63, 3.8) is 0 Å². The van der Waals surface area contributed by atoms with Gasteiger partial charge in [-0.15, -0.1) is 11.3 Å². The largest absolute Gasteiger partial charge is 0.321 e. The lowest BCUT2D eigenvalue weighted by molar-refractivity contribution is 0.102. The highest BCUT2D eigenvalue weighted by atomic mass is 32.1. The van der Waals surface area contributed by atoms with Crippen molar-refractivity contribution < 1.29 is 4.79 Å². The number of benzene rings is 2. The zero-order valence-electron chi connectivity index (χ0n) is 16.5. The van der Waals surface area contributed by atoms with Crippen LogP contribution in [0.15, 0.2) is 47.8 Å². The van der Waals surface area contributed by atoms with Gasteiger partial charge in [0.25, 0.3) is 5.91 Å². The lowest BCUT2D eigenvalue weighted by atomic mass is 9.92. The molecule has 27 heavy (non-hydrogen) atoms. The number of carbonyl (C=O) groups is 1. The molecule has 0 radical (unpaired) electrons. The molecule has 0 saturated heterocycles. The molecule has 2 aromatic carbocycles. The maximum absolute atomic E-state index is 12.9. The maximum atomic E-state index is 12.9. The van der Waals surface area contributed by atoms with E-state index in [0.29, 0.717) is 17.4 Å². The molecule has 1 heterocycles. The Hall–Kier alpha value is -2.46. The second-order valence-corrected chi connectivity index (χ2v) is 8.30. The quantitative estimate of drug-likeness (QED) is 0.542. The van der Waals surface area contributed by atoms with Crippen molar-refractivity contribution in [3.8, 4) is 10.6 Å². The van der Waals surface area contributed by atoms with Gasteiger partial charge in [-0.25, -0.2) is 4.98 Å². The Morgan fingerprint density at radius 3 is 2.04 bits per heavy atom. The number of amides is 1. The Balaban J connectivity index is 1.87. The van der Waals surface area contributed by atoms with Gasteiger partial charge in [-0.1, -0.05) is 58.0 Å². The van der Waals surface area contributed by atoms with Crippen LogP contribution >= 0.6 is 11.3 Å². The predicted octanol–water partition coefficient (Wildman–Crippen LogP) is 6.62. The Bertz CT molecular complexity index is 913. The molecular weight excluding hydrogens is 352 g/mol. The molecule has 0 aliphatic rings. The number of aryl methyl sites for hydroxylation is 1. The van der Waals surface area contributed by atoms with Gasteiger partial charge in [-0.2, -0.15) is 0 Å². The Labute approximate surface area is 165 Å². The van der Waals surface area contributed by atoms with E-state index in [1.807, 2.05) is 36.6 Å². The van der Waals surface area contributed by atoms with Crippen LogP contribution in [-0.4, -0.2) is 10.9 Å². The van der Waals surface area contributed by atoms with Gasteiger partial charge in [0.2, 0.25) is 0 Å². The van der Waals surface area contributed by atoms with E-state index in [9.17, 15) is 4.79 Å². The monoisotopic (exact) mass is 378 g/mol. The van der Waals surface area contributed by atoms with Crippen LogP contribution in [0.25, 0.3) is 10.6 Å². The number of para-hydroxylation sites is 1. The number of hydrogen-bond donors (Lipinski definition) is 1. The highest BCUT2D eigenvalue weighted by Crippen LogP contribution is 2.33. The third-order valence-corrected chi connectivity index (χ3v) is 5.63. The van der Waals surface area contributed by atoms with Gasteiger partial charge in [0.05, 0.1) is 0 Å². The smallest absolute Gasteiger partial charge is 0.255 e. The number of hydrogen-bond acceptors (Lipinski definition) is 3.